The maximum absolute atomic E-state index is 11.8. The van der Waals surface area contributed by atoms with E-state index in [1.807, 2.05) is 6.92 Å². The number of pyridine rings is 1. The molecule has 1 unspecified atom stereocenters. The number of nitrogens with two attached hydrogens (primary N) is 1. The second kappa shape index (κ2) is 6.48. The van der Waals surface area contributed by atoms with Crippen LogP contribution in [0.25, 0.3) is 0 Å². The predicted molar refractivity (Wildman–Crippen MR) is 73.2 cm³/mol. The minimum Gasteiger partial charge on any atom is -0.397 e. The summed E-state index contributed by atoms with van der Waals surface area (Å²) in [6, 6.07) is 1.63. The lowest BCUT2D eigenvalue weighted by Crippen LogP contribution is -2.24. The minimum absolute atomic E-state index is 0.0617. The molecule has 1 aromatic heterocycles. The van der Waals surface area contributed by atoms with Gasteiger partial charge >= 0.3 is 0 Å². The average molecular weight is 236 g/mol. The molecule has 0 aliphatic heterocycles. The Bertz CT molecular complexity index is 409. The van der Waals surface area contributed by atoms with Crippen molar-refractivity contribution >= 4 is 5.69 Å². The quantitative estimate of drug-likeness (QED) is 0.825. The first-order valence-electron chi connectivity index (χ1n) is 6.55. The van der Waals surface area contributed by atoms with E-state index in [2.05, 4.69) is 13.8 Å². The number of anilines is 1. The van der Waals surface area contributed by atoms with Crippen molar-refractivity contribution in [3.63, 3.8) is 0 Å². The molecule has 3 nitrogen and oxygen atoms in total. The molecule has 2 N–H and O–H groups in total. The SMILES string of the molecule is CCCCC(CC)Cn1cc(N)c(C)cc1=O. The maximum Gasteiger partial charge on any atom is 0.250 e. The Labute approximate surface area is 104 Å². The van der Waals surface area contributed by atoms with Gasteiger partial charge in [0, 0.05) is 18.8 Å². The van der Waals surface area contributed by atoms with Crippen molar-refractivity contribution in [1.29, 1.82) is 0 Å². The van der Waals surface area contributed by atoms with Gasteiger partial charge in [-0.05, 0) is 24.8 Å². The van der Waals surface area contributed by atoms with E-state index in [1.165, 1.54) is 19.3 Å². The maximum atomic E-state index is 11.8. The number of hydrogen-bond donors (Lipinski definition) is 1. The molecule has 96 valence electrons. The molecule has 1 rings (SSSR count). The number of aryl methyl sites for hydroxylation is 1. The summed E-state index contributed by atoms with van der Waals surface area (Å²) in [7, 11) is 0. The second-order valence-corrected chi connectivity index (χ2v) is 4.82. The topological polar surface area (TPSA) is 48.0 Å². The number of nitrogens with zero attached hydrogens (tertiary/aromatic N) is 1. The van der Waals surface area contributed by atoms with Gasteiger partial charge in [-0.2, -0.15) is 0 Å². The van der Waals surface area contributed by atoms with Gasteiger partial charge in [0.1, 0.15) is 0 Å². The zero-order valence-corrected chi connectivity index (χ0v) is 11.2. The summed E-state index contributed by atoms with van der Waals surface area (Å²) in [5.74, 6) is 0.578. The molecule has 0 aromatic carbocycles. The van der Waals surface area contributed by atoms with Crippen molar-refractivity contribution in [1.82, 2.24) is 4.57 Å². The smallest absolute Gasteiger partial charge is 0.250 e. The van der Waals surface area contributed by atoms with E-state index in [-0.39, 0.29) is 5.56 Å². The zero-order valence-electron chi connectivity index (χ0n) is 11.2. The van der Waals surface area contributed by atoms with E-state index in [9.17, 15) is 4.79 Å². The van der Waals surface area contributed by atoms with Crippen molar-refractivity contribution in [2.45, 2.75) is 53.0 Å². The fourth-order valence-electron chi connectivity index (χ4n) is 2.02. The van der Waals surface area contributed by atoms with Gasteiger partial charge in [0.05, 0.1) is 5.69 Å². The highest BCUT2D eigenvalue weighted by molar-refractivity contribution is 5.42. The van der Waals surface area contributed by atoms with Gasteiger partial charge in [0.2, 0.25) is 0 Å². The van der Waals surface area contributed by atoms with Crippen LogP contribution in [0.3, 0.4) is 0 Å². The molecule has 0 aliphatic carbocycles. The van der Waals surface area contributed by atoms with Crippen LogP contribution in [0.5, 0.6) is 0 Å². The van der Waals surface area contributed by atoms with Crippen LogP contribution < -0.4 is 11.3 Å². The first-order valence-corrected chi connectivity index (χ1v) is 6.55. The first-order chi connectivity index (χ1) is 8.08. The second-order valence-electron chi connectivity index (χ2n) is 4.82. The van der Waals surface area contributed by atoms with Gasteiger partial charge in [-0.3, -0.25) is 4.79 Å². The van der Waals surface area contributed by atoms with E-state index in [1.54, 1.807) is 16.8 Å². The van der Waals surface area contributed by atoms with Gasteiger partial charge in [0.25, 0.3) is 5.56 Å². The Morgan fingerprint density at radius 3 is 2.71 bits per heavy atom. The van der Waals surface area contributed by atoms with Crippen LogP contribution in [0.4, 0.5) is 5.69 Å². The summed E-state index contributed by atoms with van der Waals surface area (Å²) >= 11 is 0. The highest BCUT2D eigenvalue weighted by atomic mass is 16.1. The summed E-state index contributed by atoms with van der Waals surface area (Å²) in [4.78, 5) is 11.8. The highest BCUT2D eigenvalue weighted by Gasteiger charge is 2.08. The van der Waals surface area contributed by atoms with Gasteiger partial charge in [0.15, 0.2) is 0 Å². The number of hydrogen-bond acceptors (Lipinski definition) is 2. The summed E-state index contributed by atoms with van der Waals surface area (Å²) in [6.07, 6.45) is 6.52. The molecule has 0 amide bonds. The molecule has 0 fully saturated rings. The molecule has 0 aliphatic rings. The Morgan fingerprint density at radius 2 is 2.12 bits per heavy atom. The molecule has 1 atom stereocenters. The van der Waals surface area contributed by atoms with E-state index in [0.717, 1.165) is 18.5 Å². The number of unbranched alkanes of at least 4 members (excludes halogenated alkanes) is 1. The van der Waals surface area contributed by atoms with Crippen molar-refractivity contribution in [2.24, 2.45) is 5.92 Å². The first kappa shape index (κ1) is 13.8. The summed E-state index contributed by atoms with van der Waals surface area (Å²) in [6.45, 7) is 7.04. The van der Waals surface area contributed by atoms with Crippen molar-refractivity contribution in [3.05, 3.63) is 28.2 Å². The lowest BCUT2D eigenvalue weighted by Gasteiger charge is -2.16. The largest absolute Gasteiger partial charge is 0.397 e. The molecular formula is C14H24N2O. The Balaban J connectivity index is 2.79. The molecule has 0 bridgehead atoms. The molecular weight excluding hydrogens is 212 g/mol. The van der Waals surface area contributed by atoms with Crippen LogP contribution in [0.1, 0.15) is 45.1 Å². The monoisotopic (exact) mass is 236 g/mol. The van der Waals surface area contributed by atoms with Crippen LogP contribution in [-0.4, -0.2) is 4.57 Å². The van der Waals surface area contributed by atoms with Gasteiger partial charge < -0.3 is 10.3 Å². The minimum atomic E-state index is 0.0617. The molecule has 0 spiro atoms. The Morgan fingerprint density at radius 1 is 1.41 bits per heavy atom. The normalized spacial score (nSPS) is 12.6. The summed E-state index contributed by atoms with van der Waals surface area (Å²) in [5, 5.41) is 0. The third-order valence-electron chi connectivity index (χ3n) is 3.37. The lowest BCUT2D eigenvalue weighted by atomic mass is 9.99. The molecule has 0 radical (unpaired) electrons. The highest BCUT2D eigenvalue weighted by Crippen LogP contribution is 2.15. The molecule has 1 heterocycles. The predicted octanol–water partition coefficient (Wildman–Crippen LogP) is 2.96. The number of nitrogen functional groups attached to an aromatic ring is 1. The van der Waals surface area contributed by atoms with Crippen LogP contribution in [0.15, 0.2) is 17.1 Å². The van der Waals surface area contributed by atoms with Crippen molar-refractivity contribution < 1.29 is 0 Å². The van der Waals surface area contributed by atoms with Crippen molar-refractivity contribution in [2.75, 3.05) is 5.73 Å². The third kappa shape index (κ3) is 3.91. The van der Waals surface area contributed by atoms with Crippen LogP contribution in [0, 0.1) is 12.8 Å². The zero-order chi connectivity index (χ0) is 12.8. The van der Waals surface area contributed by atoms with Crippen molar-refractivity contribution in [3.8, 4) is 0 Å². The lowest BCUT2D eigenvalue weighted by molar-refractivity contribution is 0.385. The van der Waals surface area contributed by atoms with Gasteiger partial charge in [-0.1, -0.05) is 33.1 Å². The standard InChI is InChI=1S/C14H24N2O/c1-4-6-7-12(5-2)9-16-10-13(15)11(3)8-14(16)17/h8,10,12H,4-7,9,15H2,1-3H3. The third-order valence-corrected chi connectivity index (χ3v) is 3.37. The van der Waals surface area contributed by atoms with Gasteiger partial charge in [-0.25, -0.2) is 0 Å². The summed E-state index contributed by atoms with van der Waals surface area (Å²) < 4.78 is 1.76. The molecule has 0 saturated heterocycles. The fraction of sp³-hybridized carbons (Fsp3) is 0.643. The molecule has 0 saturated carbocycles. The van der Waals surface area contributed by atoms with Crippen LogP contribution in [0.2, 0.25) is 0 Å². The Hall–Kier alpha value is -1.25. The van der Waals surface area contributed by atoms with E-state index in [4.69, 9.17) is 5.73 Å². The average Bonchev–Trinajstić information content (AvgIpc) is 2.30. The van der Waals surface area contributed by atoms with E-state index >= 15 is 0 Å². The van der Waals surface area contributed by atoms with E-state index in [0.29, 0.717) is 11.6 Å². The Kier molecular flexibility index (Phi) is 5.26. The molecule has 1 aromatic rings. The molecule has 3 heteroatoms. The fourth-order valence-corrected chi connectivity index (χ4v) is 2.02. The summed E-state index contributed by atoms with van der Waals surface area (Å²) in [5.41, 5.74) is 7.48. The van der Waals surface area contributed by atoms with E-state index < -0.39 is 0 Å². The number of rotatable bonds is 6. The van der Waals surface area contributed by atoms with Gasteiger partial charge in [-0.15, -0.1) is 0 Å². The van der Waals surface area contributed by atoms with Crippen LogP contribution >= 0.6 is 0 Å². The molecule has 17 heavy (non-hydrogen) atoms. The van der Waals surface area contributed by atoms with Crippen LogP contribution in [-0.2, 0) is 6.54 Å². The number of aromatic nitrogens is 1.